The van der Waals surface area contributed by atoms with Crippen molar-refractivity contribution in [2.24, 2.45) is 5.92 Å². The lowest BCUT2D eigenvalue weighted by molar-refractivity contribution is -0.126. The Hall–Kier alpha value is -1.97. The molecule has 3 aliphatic rings. The van der Waals surface area contributed by atoms with Crippen molar-refractivity contribution in [3.8, 4) is 0 Å². The van der Waals surface area contributed by atoms with Crippen molar-refractivity contribution < 1.29 is 22.7 Å². The maximum atomic E-state index is 13.0. The number of nitrogens with one attached hydrogen (secondary N) is 2. The quantitative estimate of drug-likeness (QED) is 0.628. The topological polar surface area (TPSA) is 105 Å². The molecule has 1 aromatic carbocycles. The van der Waals surface area contributed by atoms with Gasteiger partial charge in [0.05, 0.1) is 11.0 Å². The number of sulfonamides is 1. The number of rotatable bonds is 7. The molecule has 0 radical (unpaired) electrons. The van der Waals surface area contributed by atoms with Gasteiger partial charge in [-0.3, -0.25) is 9.59 Å². The van der Waals surface area contributed by atoms with Gasteiger partial charge in [0.1, 0.15) is 0 Å². The Labute approximate surface area is 196 Å². The van der Waals surface area contributed by atoms with Crippen molar-refractivity contribution in [1.29, 1.82) is 0 Å². The van der Waals surface area contributed by atoms with Crippen molar-refractivity contribution in [3.63, 3.8) is 0 Å². The maximum absolute atomic E-state index is 13.0. The lowest BCUT2D eigenvalue weighted by Gasteiger charge is -2.33. The Kier molecular flexibility index (Phi) is 8.03. The van der Waals surface area contributed by atoms with E-state index in [4.69, 9.17) is 4.74 Å². The van der Waals surface area contributed by atoms with Crippen LogP contribution in [0.5, 0.6) is 0 Å². The molecule has 1 aliphatic carbocycles. The predicted octanol–water partition coefficient (Wildman–Crippen LogP) is 2.44. The Balaban J connectivity index is 1.30. The molecule has 4 rings (SSSR count). The van der Waals surface area contributed by atoms with Crippen molar-refractivity contribution in [1.82, 2.24) is 14.9 Å². The molecule has 2 saturated heterocycles. The summed E-state index contributed by atoms with van der Waals surface area (Å²) >= 11 is 0. The van der Waals surface area contributed by atoms with Gasteiger partial charge in [-0.1, -0.05) is 25.3 Å². The van der Waals surface area contributed by atoms with Gasteiger partial charge in [-0.05, 0) is 56.7 Å². The molecule has 2 aliphatic heterocycles. The normalized spacial score (nSPS) is 22.9. The number of benzene rings is 1. The number of hydrogen-bond donors (Lipinski definition) is 2. The lowest BCUT2D eigenvalue weighted by atomic mass is 9.88. The fraction of sp³-hybridized carbons (Fsp3) is 0.667. The number of carbonyl (C=O) groups excluding carboxylic acids is 2. The first-order chi connectivity index (χ1) is 15.9. The number of piperidine rings is 1. The minimum absolute atomic E-state index is 0.0842. The molecular weight excluding hydrogens is 442 g/mol. The van der Waals surface area contributed by atoms with Gasteiger partial charge in [-0.15, -0.1) is 0 Å². The Morgan fingerprint density at radius 3 is 2.45 bits per heavy atom. The minimum atomic E-state index is -3.72. The van der Waals surface area contributed by atoms with Crippen LogP contribution in [0.15, 0.2) is 29.2 Å². The van der Waals surface area contributed by atoms with Crippen LogP contribution in [0.2, 0.25) is 0 Å². The van der Waals surface area contributed by atoms with Crippen molar-refractivity contribution >= 4 is 21.8 Å². The molecule has 0 spiro atoms. The summed E-state index contributed by atoms with van der Waals surface area (Å²) in [7, 11) is -3.72. The summed E-state index contributed by atoms with van der Waals surface area (Å²) in [6.45, 7) is 1.99. The first-order valence-corrected chi connectivity index (χ1v) is 13.7. The summed E-state index contributed by atoms with van der Waals surface area (Å²) in [4.78, 5) is 27.4. The second-order valence-corrected chi connectivity index (χ2v) is 11.2. The van der Waals surface area contributed by atoms with Gasteiger partial charge in [0.15, 0.2) is 0 Å². The summed E-state index contributed by atoms with van der Waals surface area (Å²) in [6.07, 6.45) is 8.55. The highest BCUT2D eigenvalue weighted by Gasteiger charge is 2.28. The fourth-order valence-electron chi connectivity index (χ4n) is 4.98. The second kappa shape index (κ2) is 11.0. The van der Waals surface area contributed by atoms with E-state index in [0.717, 1.165) is 38.5 Å². The molecule has 2 amide bonds. The summed E-state index contributed by atoms with van der Waals surface area (Å²) < 4.78 is 33.4. The molecule has 33 heavy (non-hydrogen) atoms. The van der Waals surface area contributed by atoms with Crippen LogP contribution in [0.1, 0.15) is 68.1 Å². The lowest BCUT2D eigenvalue weighted by Crippen LogP contribution is -2.48. The van der Waals surface area contributed by atoms with Gasteiger partial charge in [0.25, 0.3) is 5.91 Å². The van der Waals surface area contributed by atoms with E-state index in [2.05, 4.69) is 10.0 Å². The summed E-state index contributed by atoms with van der Waals surface area (Å²) in [6, 6.07) is 6.29. The summed E-state index contributed by atoms with van der Waals surface area (Å²) in [5.41, 5.74) is 0.361. The number of amides is 2. The highest BCUT2D eigenvalue weighted by atomic mass is 32.2. The standard InChI is InChI=1S/C24H35N3O5S/c28-23(18-6-2-1-3-7-18)26-20-11-13-27(14-12-20)24(29)19-8-4-10-22(16-19)33(30,31)25-17-21-9-5-15-32-21/h4,8,10,16,18,20-21,25H,1-3,5-7,9,11-15,17H2,(H,26,28). The van der Waals surface area contributed by atoms with Crippen molar-refractivity contribution in [2.75, 3.05) is 26.2 Å². The molecule has 1 atom stereocenters. The van der Waals surface area contributed by atoms with Gasteiger partial charge in [0, 0.05) is 43.8 Å². The van der Waals surface area contributed by atoms with Gasteiger partial charge in [0.2, 0.25) is 15.9 Å². The minimum Gasteiger partial charge on any atom is -0.377 e. The average Bonchev–Trinajstić information content (AvgIpc) is 3.37. The number of nitrogens with zero attached hydrogens (tertiary/aromatic N) is 1. The third kappa shape index (κ3) is 6.33. The Bertz CT molecular complexity index is 931. The van der Waals surface area contributed by atoms with Crippen LogP contribution in [-0.4, -0.2) is 63.5 Å². The van der Waals surface area contributed by atoms with Gasteiger partial charge in [-0.2, -0.15) is 0 Å². The van der Waals surface area contributed by atoms with Crippen LogP contribution >= 0.6 is 0 Å². The van der Waals surface area contributed by atoms with Crippen LogP contribution in [0.4, 0.5) is 0 Å². The van der Waals surface area contributed by atoms with E-state index in [9.17, 15) is 18.0 Å². The molecule has 2 heterocycles. The smallest absolute Gasteiger partial charge is 0.253 e. The molecule has 8 nitrogen and oxygen atoms in total. The molecule has 1 unspecified atom stereocenters. The van der Waals surface area contributed by atoms with Gasteiger partial charge in [-0.25, -0.2) is 13.1 Å². The maximum Gasteiger partial charge on any atom is 0.253 e. The SMILES string of the molecule is O=C(NC1CCN(C(=O)c2cccc(S(=O)(=O)NCC3CCCO3)c2)CC1)C1CCCCC1. The van der Waals surface area contributed by atoms with E-state index in [1.165, 1.54) is 18.6 Å². The molecule has 0 bridgehead atoms. The Morgan fingerprint density at radius 2 is 1.76 bits per heavy atom. The second-order valence-electron chi connectivity index (χ2n) is 9.42. The van der Waals surface area contributed by atoms with Crippen LogP contribution in [0.25, 0.3) is 0 Å². The molecule has 1 saturated carbocycles. The van der Waals surface area contributed by atoms with Crippen molar-refractivity contribution in [2.45, 2.75) is 74.8 Å². The zero-order chi connectivity index (χ0) is 23.3. The first-order valence-electron chi connectivity index (χ1n) is 12.2. The van der Waals surface area contributed by atoms with E-state index in [0.29, 0.717) is 38.1 Å². The number of hydrogen-bond acceptors (Lipinski definition) is 5. The van der Waals surface area contributed by atoms with Crippen LogP contribution < -0.4 is 10.0 Å². The summed E-state index contributed by atoms with van der Waals surface area (Å²) in [5.74, 6) is 0.119. The van der Waals surface area contributed by atoms with E-state index < -0.39 is 10.0 Å². The zero-order valence-corrected chi connectivity index (χ0v) is 19.9. The van der Waals surface area contributed by atoms with E-state index in [1.807, 2.05) is 0 Å². The molecule has 2 N–H and O–H groups in total. The van der Waals surface area contributed by atoms with Gasteiger partial charge < -0.3 is 15.0 Å². The molecule has 3 fully saturated rings. The van der Waals surface area contributed by atoms with Crippen LogP contribution in [-0.2, 0) is 19.6 Å². The summed E-state index contributed by atoms with van der Waals surface area (Å²) in [5, 5.41) is 3.18. The number of likely N-dealkylation sites (tertiary alicyclic amines) is 1. The first kappa shape index (κ1) is 24.2. The third-order valence-electron chi connectivity index (χ3n) is 7.02. The van der Waals surface area contributed by atoms with E-state index in [-0.39, 0.29) is 41.3 Å². The van der Waals surface area contributed by atoms with E-state index >= 15 is 0 Å². The molecule has 0 aromatic heterocycles. The predicted molar refractivity (Wildman–Crippen MR) is 124 cm³/mol. The monoisotopic (exact) mass is 477 g/mol. The zero-order valence-electron chi connectivity index (χ0n) is 19.1. The molecule has 1 aromatic rings. The highest BCUT2D eigenvalue weighted by molar-refractivity contribution is 7.89. The largest absolute Gasteiger partial charge is 0.377 e. The number of ether oxygens (including phenoxy) is 1. The van der Waals surface area contributed by atoms with E-state index in [1.54, 1.807) is 17.0 Å². The Morgan fingerprint density at radius 1 is 1.00 bits per heavy atom. The number of carbonyl (C=O) groups is 2. The highest BCUT2D eigenvalue weighted by Crippen LogP contribution is 2.24. The average molecular weight is 478 g/mol. The van der Waals surface area contributed by atoms with Crippen LogP contribution in [0.3, 0.4) is 0 Å². The third-order valence-corrected chi connectivity index (χ3v) is 8.44. The molecule has 182 valence electrons. The van der Waals surface area contributed by atoms with Crippen LogP contribution in [0, 0.1) is 5.92 Å². The molecule has 9 heteroatoms. The van der Waals surface area contributed by atoms with Crippen molar-refractivity contribution in [3.05, 3.63) is 29.8 Å². The fourth-order valence-corrected chi connectivity index (χ4v) is 6.09. The van der Waals surface area contributed by atoms with Gasteiger partial charge >= 0.3 is 0 Å². The molecular formula is C24H35N3O5S.